The molecule has 0 radical (unpaired) electrons. The first kappa shape index (κ1) is 24.1. The van der Waals surface area contributed by atoms with Crippen molar-refractivity contribution >= 4 is 24.1 Å². The van der Waals surface area contributed by atoms with Crippen LogP contribution >= 0.6 is 0 Å². The van der Waals surface area contributed by atoms with Crippen molar-refractivity contribution < 1.29 is 24.2 Å². The average molecular weight is 423 g/mol. The van der Waals surface area contributed by atoms with Crippen LogP contribution in [-0.4, -0.2) is 35.4 Å². The maximum Gasteiger partial charge on any atom is 0.341 e. The predicted octanol–water partition coefficient (Wildman–Crippen LogP) is 5.38. The number of aliphatic carboxylic acids is 1. The summed E-state index contributed by atoms with van der Waals surface area (Å²) in [6.07, 6.45) is 5.32. The Kier molecular flexibility index (Phi) is 9.22. The van der Waals surface area contributed by atoms with Gasteiger partial charge in [-0.15, -0.1) is 0 Å². The number of hydrogen-bond donors (Lipinski definition) is 1. The van der Waals surface area contributed by atoms with E-state index in [2.05, 4.69) is 0 Å². The largest absolute Gasteiger partial charge is 0.478 e. The number of ether oxygens (including phenoxy) is 2. The molecule has 0 amide bonds. The highest BCUT2D eigenvalue weighted by Crippen LogP contribution is 2.21. The van der Waals surface area contributed by atoms with Crippen molar-refractivity contribution in [3.8, 4) is 0 Å². The first-order valence-electron chi connectivity index (χ1n) is 10.4. The van der Waals surface area contributed by atoms with Crippen molar-refractivity contribution in [2.75, 3.05) is 6.61 Å². The summed E-state index contributed by atoms with van der Waals surface area (Å²) in [5.41, 5.74) is 0.531. The Balaban J connectivity index is 2.26. The minimum atomic E-state index is -1.33. The summed E-state index contributed by atoms with van der Waals surface area (Å²) in [7, 11) is 0. The van der Waals surface area contributed by atoms with Gasteiger partial charge in [0.2, 0.25) is 0 Å². The molecule has 0 bridgehead atoms. The molecule has 2 rings (SSSR count). The Morgan fingerprint density at radius 2 is 1.58 bits per heavy atom. The first-order valence-corrected chi connectivity index (χ1v) is 10.4. The van der Waals surface area contributed by atoms with Gasteiger partial charge in [0.15, 0.2) is 6.10 Å². The van der Waals surface area contributed by atoms with Gasteiger partial charge in [0.25, 0.3) is 0 Å². The molecule has 2 aromatic carbocycles. The Morgan fingerprint density at radius 3 is 2.13 bits per heavy atom. The fraction of sp³-hybridized carbons (Fsp3) is 0.308. The molecule has 0 saturated heterocycles. The predicted molar refractivity (Wildman–Crippen MR) is 122 cm³/mol. The second kappa shape index (κ2) is 11.9. The quantitative estimate of drug-likeness (QED) is 0.299. The number of benzene rings is 2. The van der Waals surface area contributed by atoms with Gasteiger partial charge in [0.05, 0.1) is 5.57 Å². The molecule has 164 valence electrons. The molecule has 0 aliphatic carbocycles. The lowest BCUT2D eigenvalue weighted by atomic mass is 10.0. The van der Waals surface area contributed by atoms with E-state index in [-0.39, 0.29) is 12.2 Å². The number of carboxylic acid groups (broad SMARTS) is 1. The minimum absolute atomic E-state index is 0.157. The van der Waals surface area contributed by atoms with E-state index in [9.17, 15) is 14.7 Å². The normalized spacial score (nSPS) is 13.2. The number of carboxylic acids is 1. The summed E-state index contributed by atoms with van der Waals surface area (Å²) in [6, 6.07) is 18.6. The summed E-state index contributed by atoms with van der Waals surface area (Å²) >= 11 is 0. The summed E-state index contributed by atoms with van der Waals surface area (Å²) in [5, 5.41) is 9.79. The van der Waals surface area contributed by atoms with Crippen LogP contribution in [0.2, 0.25) is 0 Å². The van der Waals surface area contributed by atoms with Gasteiger partial charge in [0.1, 0.15) is 5.60 Å². The lowest BCUT2D eigenvalue weighted by molar-refractivity contribution is -0.165. The molecular weight excluding hydrogens is 392 g/mol. The summed E-state index contributed by atoms with van der Waals surface area (Å²) in [4.78, 5) is 25.0. The molecule has 1 N–H and O–H groups in total. The molecule has 5 nitrogen and oxygen atoms in total. The van der Waals surface area contributed by atoms with Crippen molar-refractivity contribution in [1.82, 2.24) is 0 Å². The molecule has 0 aliphatic rings. The molecule has 0 heterocycles. The topological polar surface area (TPSA) is 72.8 Å². The summed E-state index contributed by atoms with van der Waals surface area (Å²) in [6.45, 7) is 5.74. The molecular formula is C26H30O5. The third-order valence-corrected chi connectivity index (χ3v) is 4.49. The monoisotopic (exact) mass is 422 g/mol. The van der Waals surface area contributed by atoms with Crippen LogP contribution in [0.3, 0.4) is 0 Å². The van der Waals surface area contributed by atoms with Crippen LogP contribution in [0.5, 0.6) is 0 Å². The number of unbranched alkanes of at least 4 members (excludes halogenated alkanes) is 1. The molecule has 2 aromatic rings. The van der Waals surface area contributed by atoms with E-state index in [0.717, 1.165) is 12.0 Å². The van der Waals surface area contributed by atoms with Crippen LogP contribution in [0.1, 0.15) is 44.7 Å². The van der Waals surface area contributed by atoms with Gasteiger partial charge >= 0.3 is 11.9 Å². The Morgan fingerprint density at radius 1 is 1.00 bits per heavy atom. The second-order valence-electron chi connectivity index (χ2n) is 7.69. The van der Waals surface area contributed by atoms with Gasteiger partial charge in [-0.25, -0.2) is 9.59 Å². The highest BCUT2D eigenvalue weighted by Gasteiger charge is 2.33. The van der Waals surface area contributed by atoms with Gasteiger partial charge in [-0.2, -0.15) is 0 Å². The van der Waals surface area contributed by atoms with Crippen LogP contribution in [-0.2, 0) is 19.1 Å². The highest BCUT2D eigenvalue weighted by atomic mass is 16.6. The molecule has 0 spiro atoms. The molecule has 0 fully saturated rings. The average Bonchev–Trinajstić information content (AvgIpc) is 2.75. The van der Waals surface area contributed by atoms with Gasteiger partial charge in [-0.05, 0) is 43.5 Å². The van der Waals surface area contributed by atoms with Crippen molar-refractivity contribution in [2.24, 2.45) is 0 Å². The highest BCUT2D eigenvalue weighted by molar-refractivity contribution is 6.00. The van der Waals surface area contributed by atoms with E-state index in [4.69, 9.17) is 9.47 Å². The SMILES string of the molecule is CCCCOC(C(=O)OC(C)(C)C=Cc1ccccc1)/C(=C\c1ccccc1)C(=O)O. The van der Waals surface area contributed by atoms with Crippen LogP contribution in [0.4, 0.5) is 0 Å². The van der Waals surface area contributed by atoms with Crippen molar-refractivity contribution in [1.29, 1.82) is 0 Å². The Labute approximate surface area is 184 Å². The maximum absolute atomic E-state index is 13.0. The molecule has 31 heavy (non-hydrogen) atoms. The van der Waals surface area contributed by atoms with Crippen molar-refractivity contribution in [3.63, 3.8) is 0 Å². The Hall–Kier alpha value is -3.18. The van der Waals surface area contributed by atoms with Crippen LogP contribution < -0.4 is 0 Å². The van der Waals surface area contributed by atoms with Gasteiger partial charge in [-0.1, -0.05) is 80.1 Å². The third kappa shape index (κ3) is 8.22. The molecule has 0 aliphatic heterocycles. The smallest absolute Gasteiger partial charge is 0.341 e. The lowest BCUT2D eigenvalue weighted by Gasteiger charge is -2.25. The number of rotatable bonds is 11. The molecule has 0 saturated carbocycles. The fourth-order valence-electron chi connectivity index (χ4n) is 2.82. The van der Waals surface area contributed by atoms with Crippen LogP contribution in [0, 0.1) is 0 Å². The lowest BCUT2D eigenvalue weighted by Crippen LogP contribution is -2.37. The zero-order chi connectivity index (χ0) is 22.7. The zero-order valence-corrected chi connectivity index (χ0v) is 18.3. The van der Waals surface area contributed by atoms with Gasteiger partial charge in [0, 0.05) is 6.61 Å². The zero-order valence-electron chi connectivity index (χ0n) is 18.3. The minimum Gasteiger partial charge on any atom is -0.478 e. The number of carbonyl (C=O) groups excluding carboxylic acids is 1. The van der Waals surface area contributed by atoms with E-state index in [1.54, 1.807) is 44.2 Å². The molecule has 1 atom stereocenters. The molecule has 1 unspecified atom stereocenters. The van der Waals surface area contributed by atoms with Gasteiger partial charge in [-0.3, -0.25) is 0 Å². The van der Waals surface area contributed by atoms with E-state index in [1.807, 2.05) is 49.4 Å². The second-order valence-corrected chi connectivity index (χ2v) is 7.69. The summed E-state index contributed by atoms with van der Waals surface area (Å²) in [5.74, 6) is -1.96. The Bertz CT molecular complexity index is 898. The standard InChI is InChI=1S/C26H30O5/c1-4-5-18-30-23(22(24(27)28)19-21-14-10-7-11-15-21)25(29)31-26(2,3)17-16-20-12-8-6-9-13-20/h6-17,19,23H,4-5,18H2,1-3H3,(H,27,28)/b17-16?,22-19+. The van der Waals surface area contributed by atoms with Crippen molar-refractivity contribution in [3.05, 3.63) is 83.4 Å². The van der Waals surface area contributed by atoms with Crippen LogP contribution in [0.25, 0.3) is 12.2 Å². The van der Waals surface area contributed by atoms with E-state index < -0.39 is 23.6 Å². The molecule has 5 heteroatoms. The molecule has 0 aromatic heterocycles. The number of hydrogen-bond acceptors (Lipinski definition) is 4. The number of esters is 1. The third-order valence-electron chi connectivity index (χ3n) is 4.49. The van der Waals surface area contributed by atoms with Crippen molar-refractivity contribution in [2.45, 2.75) is 45.3 Å². The fourth-order valence-corrected chi connectivity index (χ4v) is 2.82. The van der Waals surface area contributed by atoms with E-state index >= 15 is 0 Å². The maximum atomic E-state index is 13.0. The van der Waals surface area contributed by atoms with Gasteiger partial charge < -0.3 is 14.6 Å². The first-order chi connectivity index (χ1) is 14.8. The van der Waals surface area contributed by atoms with Crippen LogP contribution in [0.15, 0.2) is 72.3 Å². The van der Waals surface area contributed by atoms with E-state index in [0.29, 0.717) is 12.0 Å². The summed E-state index contributed by atoms with van der Waals surface area (Å²) < 4.78 is 11.4. The number of carbonyl (C=O) groups is 2. The van der Waals surface area contributed by atoms with E-state index in [1.165, 1.54) is 6.08 Å².